The molecule has 1 aliphatic rings. The second-order valence-electron chi connectivity index (χ2n) is 6.43. The van der Waals surface area contributed by atoms with Gasteiger partial charge in [-0.2, -0.15) is 0 Å². The summed E-state index contributed by atoms with van der Waals surface area (Å²) in [6.07, 6.45) is 3.15. The quantitative estimate of drug-likeness (QED) is 0.453. The fourth-order valence-corrected chi connectivity index (χ4v) is 7.58. The minimum absolute atomic E-state index is 0.268. The lowest BCUT2D eigenvalue weighted by Crippen LogP contribution is -2.47. The van der Waals surface area contributed by atoms with Crippen LogP contribution in [0.4, 0.5) is 0 Å². The van der Waals surface area contributed by atoms with Crippen molar-refractivity contribution in [3.63, 3.8) is 0 Å². The van der Waals surface area contributed by atoms with Gasteiger partial charge in [-0.25, -0.2) is 0 Å². The molecule has 0 radical (unpaired) electrons. The van der Waals surface area contributed by atoms with E-state index in [1.54, 1.807) is 35.5 Å². The summed E-state index contributed by atoms with van der Waals surface area (Å²) in [6.45, 7) is 5.61. The molecule has 1 rings (SSSR count). The Kier molecular flexibility index (Phi) is 9.46. The highest BCUT2D eigenvalue weighted by Crippen LogP contribution is 2.26. The molecule has 0 bridgehead atoms. The second kappa shape index (κ2) is 10.2. The number of nitrogens with zero attached hydrogens (tertiary/aromatic N) is 1. The Bertz CT molecular complexity index is 319. The molecule has 0 aromatic carbocycles. The van der Waals surface area contributed by atoms with Crippen LogP contribution in [0.3, 0.4) is 0 Å². The maximum absolute atomic E-state index is 5.72. The van der Waals surface area contributed by atoms with Crippen molar-refractivity contribution in [3.8, 4) is 0 Å². The monoisotopic (exact) mass is 365 g/mol. The van der Waals surface area contributed by atoms with Gasteiger partial charge in [-0.05, 0) is 44.4 Å². The predicted molar refractivity (Wildman–Crippen MR) is 96.6 cm³/mol. The van der Waals surface area contributed by atoms with Crippen LogP contribution >= 0.6 is 0 Å². The highest BCUT2D eigenvalue weighted by Gasteiger charge is 2.38. The SMILES string of the molecule is COC1(OC)CCCN(CCC[Si](OC)(OC)OC)CC(C)[SiH2]1. The summed E-state index contributed by atoms with van der Waals surface area (Å²) in [7, 11) is 5.71. The van der Waals surface area contributed by atoms with Gasteiger partial charge in [0.2, 0.25) is 0 Å². The summed E-state index contributed by atoms with van der Waals surface area (Å²) >= 11 is 0. The van der Waals surface area contributed by atoms with Crippen LogP contribution in [0, 0.1) is 0 Å². The number of hydrogen-bond donors (Lipinski definition) is 0. The maximum Gasteiger partial charge on any atom is 0.500 e. The van der Waals surface area contributed by atoms with E-state index in [1.165, 1.54) is 0 Å². The van der Waals surface area contributed by atoms with Crippen molar-refractivity contribution in [2.75, 3.05) is 55.2 Å². The van der Waals surface area contributed by atoms with Crippen LogP contribution in [0.25, 0.3) is 0 Å². The van der Waals surface area contributed by atoms with Gasteiger partial charge in [0, 0.05) is 41.6 Å². The van der Waals surface area contributed by atoms with E-state index in [-0.39, 0.29) is 5.41 Å². The fraction of sp³-hybridized carbons (Fsp3) is 1.00. The molecule has 1 heterocycles. The van der Waals surface area contributed by atoms with E-state index in [0.29, 0.717) is 5.54 Å². The number of ether oxygens (including phenoxy) is 2. The summed E-state index contributed by atoms with van der Waals surface area (Å²) in [5.41, 5.74) is 0.403. The summed E-state index contributed by atoms with van der Waals surface area (Å²) in [4.78, 5) is 2.56. The molecule has 0 N–H and O–H groups in total. The van der Waals surface area contributed by atoms with Crippen molar-refractivity contribution in [1.29, 1.82) is 0 Å². The summed E-state index contributed by atoms with van der Waals surface area (Å²) in [5, 5.41) is 0. The smallest absolute Gasteiger partial charge is 0.377 e. The van der Waals surface area contributed by atoms with Crippen LogP contribution in [-0.4, -0.2) is 83.8 Å². The minimum atomic E-state index is -2.43. The molecular weight excluding hydrogens is 330 g/mol. The van der Waals surface area contributed by atoms with Crippen molar-refractivity contribution in [1.82, 2.24) is 4.90 Å². The highest BCUT2D eigenvalue weighted by atomic mass is 28.4. The summed E-state index contributed by atoms with van der Waals surface area (Å²) < 4.78 is 27.9. The van der Waals surface area contributed by atoms with E-state index >= 15 is 0 Å². The molecule has 8 heteroatoms. The molecule has 0 aromatic heterocycles. The van der Waals surface area contributed by atoms with E-state index in [0.717, 1.165) is 44.9 Å². The predicted octanol–water partition coefficient (Wildman–Crippen LogP) is 1.27. The standard InChI is InChI=1S/C15H35NO5Si2/c1-14-13-16(10-7-9-15(17-2,18-3)22-14)11-8-12-23(19-4,20-5)21-6/h14H,7-13,22H2,1-6H3. The largest absolute Gasteiger partial charge is 0.500 e. The molecule has 1 unspecified atom stereocenters. The van der Waals surface area contributed by atoms with Gasteiger partial charge in [0.25, 0.3) is 0 Å². The molecule has 0 aromatic rings. The van der Waals surface area contributed by atoms with Gasteiger partial charge in [-0.15, -0.1) is 0 Å². The Hall–Kier alpha value is 0.194. The Morgan fingerprint density at radius 1 is 1.09 bits per heavy atom. The van der Waals surface area contributed by atoms with Gasteiger partial charge < -0.3 is 27.7 Å². The first-order valence-corrected chi connectivity index (χ1v) is 11.9. The maximum atomic E-state index is 5.72. The minimum Gasteiger partial charge on any atom is -0.377 e. The molecule has 0 aliphatic carbocycles. The lowest BCUT2D eigenvalue weighted by molar-refractivity contribution is -0.152. The van der Waals surface area contributed by atoms with Crippen LogP contribution in [-0.2, 0) is 22.8 Å². The molecule has 138 valence electrons. The molecule has 6 nitrogen and oxygen atoms in total. The number of methoxy groups -OCH3 is 2. The molecule has 0 saturated carbocycles. The highest BCUT2D eigenvalue weighted by molar-refractivity contribution is 6.60. The molecule has 1 fully saturated rings. The molecule has 0 amide bonds. The topological polar surface area (TPSA) is 49.4 Å². The molecule has 23 heavy (non-hydrogen) atoms. The lowest BCUT2D eigenvalue weighted by Gasteiger charge is -2.38. The van der Waals surface area contributed by atoms with Gasteiger partial charge in [0.15, 0.2) is 0 Å². The first-order chi connectivity index (χ1) is 11.0. The van der Waals surface area contributed by atoms with Gasteiger partial charge in [-0.1, -0.05) is 6.92 Å². The van der Waals surface area contributed by atoms with Crippen molar-refractivity contribution in [2.24, 2.45) is 0 Å². The van der Waals surface area contributed by atoms with E-state index in [1.807, 2.05) is 0 Å². The van der Waals surface area contributed by atoms with E-state index in [9.17, 15) is 0 Å². The number of rotatable bonds is 9. The number of hydrogen-bond acceptors (Lipinski definition) is 6. The third-order valence-electron chi connectivity index (χ3n) is 4.90. The van der Waals surface area contributed by atoms with Crippen LogP contribution in [0.15, 0.2) is 0 Å². The van der Waals surface area contributed by atoms with Gasteiger partial charge in [0.1, 0.15) is 5.41 Å². The zero-order chi connectivity index (χ0) is 17.3. The molecule has 0 spiro atoms. The van der Waals surface area contributed by atoms with Crippen LogP contribution in [0.1, 0.15) is 26.2 Å². The normalized spacial score (nSPS) is 24.5. The average molecular weight is 366 g/mol. The van der Waals surface area contributed by atoms with Crippen molar-refractivity contribution in [2.45, 2.75) is 43.2 Å². The zero-order valence-corrected chi connectivity index (χ0v) is 18.1. The Morgan fingerprint density at radius 2 is 1.70 bits per heavy atom. The average Bonchev–Trinajstić information content (AvgIpc) is 2.56. The first kappa shape index (κ1) is 21.2. The van der Waals surface area contributed by atoms with Crippen LogP contribution in [0.2, 0.25) is 11.6 Å². The Labute approximate surface area is 144 Å². The Morgan fingerprint density at radius 3 is 2.22 bits per heavy atom. The van der Waals surface area contributed by atoms with E-state index < -0.39 is 18.3 Å². The van der Waals surface area contributed by atoms with Crippen LogP contribution < -0.4 is 0 Å². The van der Waals surface area contributed by atoms with E-state index in [4.69, 9.17) is 22.8 Å². The third kappa shape index (κ3) is 6.20. The van der Waals surface area contributed by atoms with Crippen molar-refractivity contribution < 1.29 is 22.8 Å². The zero-order valence-electron chi connectivity index (χ0n) is 15.7. The lowest BCUT2D eigenvalue weighted by atomic mass is 10.2. The third-order valence-corrected chi connectivity index (χ3v) is 10.2. The molecule has 1 aliphatic heterocycles. The molecular formula is C15H35NO5Si2. The van der Waals surface area contributed by atoms with E-state index in [2.05, 4.69) is 11.8 Å². The Balaban J connectivity index is 2.48. The van der Waals surface area contributed by atoms with Crippen LogP contribution in [0.5, 0.6) is 0 Å². The molecule has 1 atom stereocenters. The van der Waals surface area contributed by atoms with Gasteiger partial charge >= 0.3 is 8.80 Å². The van der Waals surface area contributed by atoms with Crippen molar-refractivity contribution >= 4 is 18.3 Å². The summed E-state index contributed by atoms with van der Waals surface area (Å²) in [6, 6.07) is 0.860. The summed E-state index contributed by atoms with van der Waals surface area (Å²) in [5.74, 6) is 0. The molecule has 1 saturated heterocycles. The van der Waals surface area contributed by atoms with Crippen molar-refractivity contribution in [3.05, 3.63) is 0 Å². The van der Waals surface area contributed by atoms with Gasteiger partial charge in [-0.3, -0.25) is 0 Å². The first-order valence-electron chi connectivity index (χ1n) is 8.47. The second-order valence-corrected chi connectivity index (χ2v) is 12.4. The fourth-order valence-electron chi connectivity index (χ4n) is 3.53. The van der Waals surface area contributed by atoms with Gasteiger partial charge in [0.05, 0.1) is 9.52 Å².